The Kier molecular flexibility index (Phi) is 7.85. The molecule has 3 aromatic heterocycles. The maximum absolute atomic E-state index is 14.9. The van der Waals surface area contributed by atoms with Gasteiger partial charge in [0.2, 0.25) is 5.91 Å². The Morgan fingerprint density at radius 3 is 2.67 bits per heavy atom. The predicted octanol–water partition coefficient (Wildman–Crippen LogP) is 6.18. The fourth-order valence-corrected chi connectivity index (χ4v) is 6.36. The summed E-state index contributed by atoms with van der Waals surface area (Å²) in [5.41, 5.74) is 2.70. The highest BCUT2D eigenvalue weighted by Gasteiger charge is 2.35. The second-order valence-electron chi connectivity index (χ2n) is 11.5. The maximum Gasteiger partial charge on any atom is 0.319 e. The van der Waals surface area contributed by atoms with Crippen LogP contribution in [0.25, 0.3) is 20.8 Å². The van der Waals surface area contributed by atoms with Gasteiger partial charge in [-0.05, 0) is 62.6 Å². The van der Waals surface area contributed by atoms with Gasteiger partial charge in [-0.2, -0.15) is 0 Å². The number of pyridine rings is 2. The zero-order valence-electron chi connectivity index (χ0n) is 24.1. The number of nitrogens with one attached hydrogen (secondary N) is 2. The third-order valence-electron chi connectivity index (χ3n) is 7.60. The van der Waals surface area contributed by atoms with E-state index in [0.717, 1.165) is 58.8 Å². The summed E-state index contributed by atoms with van der Waals surface area (Å²) in [6, 6.07) is 11.9. The van der Waals surface area contributed by atoms with E-state index in [1.165, 1.54) is 29.5 Å². The van der Waals surface area contributed by atoms with Gasteiger partial charge in [-0.15, -0.1) is 11.3 Å². The highest BCUT2D eigenvalue weighted by atomic mass is 32.1. The second-order valence-corrected chi connectivity index (χ2v) is 12.6. The molecule has 1 saturated heterocycles. The zero-order valence-corrected chi connectivity index (χ0v) is 24.9. The Balaban J connectivity index is 1.13. The molecule has 4 heterocycles. The van der Waals surface area contributed by atoms with Crippen molar-refractivity contribution < 1.29 is 18.7 Å². The van der Waals surface area contributed by atoms with E-state index in [4.69, 9.17) is 9.72 Å². The SMILES string of the molecule is C=CC(=O)N1CCN(Cc2ccc(-c3cc4nccc(Oc5ccc(NC(=O)NC6CC6)cc5F)c4s3)nc2)CC1(C)C. The lowest BCUT2D eigenvalue weighted by Gasteiger charge is -2.46. The van der Waals surface area contributed by atoms with Gasteiger partial charge in [0, 0.05) is 62.4 Å². The highest BCUT2D eigenvalue weighted by Crippen LogP contribution is 2.39. The van der Waals surface area contributed by atoms with E-state index >= 15 is 0 Å². The normalized spacial score (nSPS) is 16.6. The Morgan fingerprint density at radius 2 is 1.98 bits per heavy atom. The van der Waals surface area contributed by atoms with Crippen molar-refractivity contribution in [3.05, 3.63) is 78.9 Å². The van der Waals surface area contributed by atoms with Gasteiger partial charge in [0.15, 0.2) is 11.6 Å². The molecule has 0 spiro atoms. The number of piperazine rings is 1. The molecule has 43 heavy (non-hydrogen) atoms. The van der Waals surface area contributed by atoms with Crippen molar-refractivity contribution >= 4 is 39.2 Å². The van der Waals surface area contributed by atoms with Crippen molar-refractivity contribution in [1.29, 1.82) is 0 Å². The minimum atomic E-state index is -0.583. The van der Waals surface area contributed by atoms with Crippen molar-refractivity contribution in [1.82, 2.24) is 25.1 Å². The molecule has 0 radical (unpaired) electrons. The number of rotatable bonds is 8. The van der Waals surface area contributed by atoms with Crippen molar-refractivity contribution in [3.8, 4) is 22.1 Å². The Labute approximate surface area is 253 Å². The van der Waals surface area contributed by atoms with Crippen LogP contribution in [0.1, 0.15) is 32.3 Å². The van der Waals surface area contributed by atoms with Crippen molar-refractivity contribution in [3.63, 3.8) is 0 Å². The lowest BCUT2D eigenvalue weighted by molar-refractivity contribution is -0.135. The predicted molar refractivity (Wildman–Crippen MR) is 166 cm³/mol. The number of carbonyl (C=O) groups excluding carboxylic acids is 2. The summed E-state index contributed by atoms with van der Waals surface area (Å²) < 4.78 is 21.7. The van der Waals surface area contributed by atoms with Crippen molar-refractivity contribution in [2.24, 2.45) is 0 Å². The zero-order chi connectivity index (χ0) is 30.1. The van der Waals surface area contributed by atoms with Crippen molar-refractivity contribution in [2.45, 2.75) is 44.8 Å². The first-order valence-corrected chi connectivity index (χ1v) is 15.1. The van der Waals surface area contributed by atoms with Gasteiger partial charge in [0.05, 0.1) is 26.3 Å². The number of anilines is 1. The molecule has 0 bridgehead atoms. The average Bonchev–Trinajstić information content (AvgIpc) is 3.67. The number of carbonyl (C=O) groups is 2. The molecular weight excluding hydrogens is 567 g/mol. The number of benzene rings is 1. The largest absolute Gasteiger partial charge is 0.453 e. The summed E-state index contributed by atoms with van der Waals surface area (Å²) in [5.74, 6) is -0.0795. The monoisotopic (exact) mass is 600 g/mol. The van der Waals surface area contributed by atoms with Crippen molar-refractivity contribution in [2.75, 3.05) is 25.0 Å². The topological polar surface area (TPSA) is 99.7 Å². The van der Waals surface area contributed by atoms with Gasteiger partial charge in [-0.25, -0.2) is 9.18 Å². The van der Waals surface area contributed by atoms with Crippen LogP contribution in [-0.4, -0.2) is 62.9 Å². The highest BCUT2D eigenvalue weighted by molar-refractivity contribution is 7.22. The first-order valence-electron chi connectivity index (χ1n) is 14.2. The van der Waals surface area contributed by atoms with Crippen LogP contribution in [0, 0.1) is 5.82 Å². The molecule has 6 rings (SSSR count). The number of hydrogen-bond donors (Lipinski definition) is 2. The van der Waals surface area contributed by atoms with Gasteiger partial charge < -0.3 is 20.3 Å². The van der Waals surface area contributed by atoms with E-state index in [0.29, 0.717) is 18.0 Å². The number of ether oxygens (including phenoxy) is 1. The van der Waals surface area contributed by atoms with Crippen LogP contribution in [-0.2, 0) is 11.3 Å². The van der Waals surface area contributed by atoms with E-state index in [1.54, 1.807) is 18.3 Å². The molecule has 222 valence electrons. The Bertz CT molecular complexity index is 1680. The van der Waals surface area contributed by atoms with E-state index in [2.05, 4.69) is 47.0 Å². The summed E-state index contributed by atoms with van der Waals surface area (Å²) in [5, 5.41) is 5.47. The molecule has 4 aromatic rings. The standard InChI is InChI=1S/C32H33FN6O3S/c1-4-29(40)39-14-13-38(19-32(39,2)3)18-20-5-9-24(35-17-20)28-16-25-30(43-28)27(11-12-34-25)42-26-10-8-22(15-23(26)33)37-31(41)36-21-6-7-21/h4-5,8-12,15-17,21H,1,6-7,13-14,18-19H2,2-3H3,(H2,36,37,41). The number of urea groups is 1. The van der Waals surface area contributed by atoms with Crippen LogP contribution in [0.3, 0.4) is 0 Å². The maximum atomic E-state index is 14.9. The van der Waals surface area contributed by atoms with Gasteiger partial charge in [-0.1, -0.05) is 12.6 Å². The molecule has 0 atom stereocenters. The molecule has 1 aromatic carbocycles. The fourth-order valence-electron chi connectivity index (χ4n) is 5.31. The Morgan fingerprint density at radius 1 is 1.14 bits per heavy atom. The first kappa shape index (κ1) is 28.8. The van der Waals surface area contributed by atoms with E-state index < -0.39 is 5.82 Å². The molecule has 1 saturated carbocycles. The van der Waals surface area contributed by atoms with Gasteiger partial charge in [0.1, 0.15) is 5.75 Å². The smallest absolute Gasteiger partial charge is 0.319 e. The number of amides is 3. The lowest BCUT2D eigenvalue weighted by Crippen LogP contribution is -2.60. The van der Waals surface area contributed by atoms with Crippen LogP contribution in [0.5, 0.6) is 11.5 Å². The quantitative estimate of drug-likeness (QED) is 0.234. The molecule has 0 unspecified atom stereocenters. The lowest BCUT2D eigenvalue weighted by atomic mass is 9.98. The fraction of sp³-hybridized carbons (Fsp3) is 0.312. The molecule has 2 N–H and O–H groups in total. The van der Waals surface area contributed by atoms with Gasteiger partial charge >= 0.3 is 6.03 Å². The number of thiophene rings is 1. The van der Waals surface area contributed by atoms with Gasteiger partial charge in [0.25, 0.3) is 0 Å². The molecule has 1 aliphatic heterocycles. The second kappa shape index (κ2) is 11.7. The summed E-state index contributed by atoms with van der Waals surface area (Å²) in [6.45, 7) is 10.7. The minimum Gasteiger partial charge on any atom is -0.453 e. The van der Waals surface area contributed by atoms with Crippen LogP contribution in [0.2, 0.25) is 0 Å². The van der Waals surface area contributed by atoms with Crippen LogP contribution >= 0.6 is 11.3 Å². The van der Waals surface area contributed by atoms with E-state index in [-0.39, 0.29) is 29.3 Å². The number of nitrogens with zero attached hydrogens (tertiary/aromatic N) is 4. The number of fused-ring (bicyclic) bond motifs is 1. The molecule has 2 aliphatic rings. The number of halogens is 1. The first-order chi connectivity index (χ1) is 20.7. The summed E-state index contributed by atoms with van der Waals surface area (Å²) in [4.78, 5) is 38.5. The summed E-state index contributed by atoms with van der Waals surface area (Å²) in [7, 11) is 0. The molecule has 11 heteroatoms. The number of aromatic nitrogens is 2. The molecular formula is C32H33FN6O3S. The number of hydrogen-bond acceptors (Lipinski definition) is 7. The average molecular weight is 601 g/mol. The minimum absolute atomic E-state index is 0.0350. The Hall–Kier alpha value is -4.35. The van der Waals surface area contributed by atoms with Gasteiger partial charge in [-0.3, -0.25) is 19.7 Å². The van der Waals surface area contributed by atoms with E-state index in [1.807, 2.05) is 23.2 Å². The van der Waals surface area contributed by atoms with Crippen LogP contribution in [0.15, 0.2) is 67.5 Å². The molecule has 2 fully saturated rings. The third kappa shape index (κ3) is 6.52. The van der Waals surface area contributed by atoms with Crippen LogP contribution in [0.4, 0.5) is 14.9 Å². The third-order valence-corrected chi connectivity index (χ3v) is 8.76. The van der Waals surface area contributed by atoms with E-state index in [9.17, 15) is 14.0 Å². The van der Waals surface area contributed by atoms with Crippen LogP contribution < -0.4 is 15.4 Å². The molecule has 1 aliphatic carbocycles. The summed E-state index contributed by atoms with van der Waals surface area (Å²) >= 11 is 1.48. The molecule has 3 amide bonds. The molecule has 9 nitrogen and oxygen atoms in total. The summed E-state index contributed by atoms with van der Waals surface area (Å²) in [6.07, 6.45) is 6.84.